The quantitative estimate of drug-likeness (QED) is 0.619. The monoisotopic (exact) mass is 420 g/mol. The zero-order valence-corrected chi connectivity index (χ0v) is 17.6. The number of amides is 2. The van der Waals surface area contributed by atoms with Crippen molar-refractivity contribution in [2.45, 2.75) is 19.8 Å². The number of benzene rings is 2. The second-order valence-electron chi connectivity index (χ2n) is 7.58. The Labute approximate surface area is 180 Å². The lowest BCUT2D eigenvalue weighted by Crippen LogP contribution is -2.19. The Morgan fingerprint density at radius 3 is 2.57 bits per heavy atom. The molecule has 7 heteroatoms. The van der Waals surface area contributed by atoms with Gasteiger partial charge in [-0.25, -0.2) is 4.98 Å². The molecule has 1 aromatic heterocycles. The lowest BCUT2D eigenvalue weighted by atomic mass is 10.2. The van der Waals surface area contributed by atoms with Gasteiger partial charge in [-0.2, -0.15) is 0 Å². The maximum atomic E-state index is 12.4. The van der Waals surface area contributed by atoms with Gasteiger partial charge in [0.05, 0.1) is 12.1 Å². The molecule has 0 spiro atoms. The molecule has 1 aliphatic rings. The molecular weight excluding hydrogens is 396 g/mol. The van der Waals surface area contributed by atoms with Crippen LogP contribution in [0, 0.1) is 5.92 Å². The minimum Gasteiger partial charge on any atom is -0.371 e. The smallest absolute Gasteiger partial charge is 0.257 e. The van der Waals surface area contributed by atoms with Crippen LogP contribution in [-0.4, -0.2) is 29.9 Å². The van der Waals surface area contributed by atoms with Gasteiger partial charge in [0, 0.05) is 35.4 Å². The van der Waals surface area contributed by atoms with Crippen LogP contribution >= 0.6 is 11.3 Å². The lowest BCUT2D eigenvalue weighted by Gasteiger charge is -2.18. The minimum absolute atomic E-state index is 0.135. The average Bonchev–Trinajstić information content (AvgIpc) is 3.38. The summed E-state index contributed by atoms with van der Waals surface area (Å²) < 4.78 is 0. The normalized spacial score (nSPS) is 15.8. The van der Waals surface area contributed by atoms with Crippen molar-refractivity contribution < 1.29 is 9.59 Å². The van der Waals surface area contributed by atoms with Crippen molar-refractivity contribution in [2.75, 3.05) is 28.6 Å². The summed E-state index contributed by atoms with van der Waals surface area (Å²) in [5.74, 6) is 0.377. The summed E-state index contributed by atoms with van der Waals surface area (Å²) in [5.41, 5.74) is 3.15. The summed E-state index contributed by atoms with van der Waals surface area (Å²) >= 11 is 1.31. The molecule has 1 atom stereocenters. The molecule has 0 aliphatic carbocycles. The van der Waals surface area contributed by atoms with Gasteiger partial charge in [0.25, 0.3) is 5.91 Å². The summed E-state index contributed by atoms with van der Waals surface area (Å²) in [6.07, 6.45) is 1.38. The fourth-order valence-electron chi connectivity index (χ4n) is 3.50. The third-order valence-electron chi connectivity index (χ3n) is 5.09. The molecule has 0 radical (unpaired) electrons. The van der Waals surface area contributed by atoms with Crippen molar-refractivity contribution in [3.8, 4) is 0 Å². The summed E-state index contributed by atoms with van der Waals surface area (Å²) in [5, 5.41) is 7.95. The van der Waals surface area contributed by atoms with Crippen molar-refractivity contribution in [3.63, 3.8) is 0 Å². The molecule has 2 N–H and O–H groups in total. The van der Waals surface area contributed by atoms with E-state index in [2.05, 4.69) is 27.4 Å². The van der Waals surface area contributed by atoms with Crippen LogP contribution < -0.4 is 15.5 Å². The largest absolute Gasteiger partial charge is 0.371 e. The fraction of sp³-hybridized carbons (Fsp3) is 0.261. The van der Waals surface area contributed by atoms with Crippen LogP contribution in [0.4, 0.5) is 16.5 Å². The van der Waals surface area contributed by atoms with Gasteiger partial charge >= 0.3 is 0 Å². The van der Waals surface area contributed by atoms with Gasteiger partial charge in [-0.15, -0.1) is 11.3 Å². The second kappa shape index (κ2) is 9.09. The molecule has 1 saturated heterocycles. The van der Waals surface area contributed by atoms with Gasteiger partial charge in [0.1, 0.15) is 0 Å². The Morgan fingerprint density at radius 1 is 1.10 bits per heavy atom. The van der Waals surface area contributed by atoms with Crippen molar-refractivity contribution in [1.82, 2.24) is 4.98 Å². The van der Waals surface area contributed by atoms with E-state index >= 15 is 0 Å². The Morgan fingerprint density at radius 2 is 1.87 bits per heavy atom. The fourth-order valence-corrected chi connectivity index (χ4v) is 4.20. The van der Waals surface area contributed by atoms with E-state index in [1.54, 1.807) is 17.5 Å². The topological polar surface area (TPSA) is 74.3 Å². The lowest BCUT2D eigenvalue weighted by molar-refractivity contribution is -0.115. The van der Waals surface area contributed by atoms with Crippen LogP contribution in [0.3, 0.4) is 0 Å². The van der Waals surface area contributed by atoms with Gasteiger partial charge in [0.15, 0.2) is 5.13 Å². The first-order valence-corrected chi connectivity index (χ1v) is 10.9. The number of carbonyl (C=O) groups is 2. The van der Waals surface area contributed by atoms with E-state index < -0.39 is 0 Å². The Bertz CT molecular complexity index is 1020. The Kier molecular flexibility index (Phi) is 6.09. The number of aromatic nitrogens is 1. The maximum Gasteiger partial charge on any atom is 0.257 e. The average molecular weight is 421 g/mol. The molecule has 2 heterocycles. The van der Waals surface area contributed by atoms with Crippen LogP contribution in [0.25, 0.3) is 0 Å². The number of nitrogens with zero attached hydrogens (tertiary/aromatic N) is 2. The first-order valence-electron chi connectivity index (χ1n) is 10.0. The Hall–Kier alpha value is -3.19. The van der Waals surface area contributed by atoms with E-state index in [1.165, 1.54) is 23.4 Å². The molecule has 30 heavy (non-hydrogen) atoms. The molecular formula is C23H24N4O2S. The van der Waals surface area contributed by atoms with E-state index in [0.717, 1.165) is 24.7 Å². The molecule has 0 saturated carbocycles. The van der Waals surface area contributed by atoms with E-state index in [0.29, 0.717) is 16.4 Å². The van der Waals surface area contributed by atoms with E-state index in [9.17, 15) is 9.59 Å². The summed E-state index contributed by atoms with van der Waals surface area (Å²) in [6, 6.07) is 16.9. The zero-order chi connectivity index (χ0) is 20.9. The van der Waals surface area contributed by atoms with Gasteiger partial charge < -0.3 is 10.2 Å². The first kappa shape index (κ1) is 20.1. The highest BCUT2D eigenvalue weighted by atomic mass is 32.1. The highest BCUT2D eigenvalue weighted by Gasteiger charge is 2.18. The molecule has 4 rings (SSSR count). The zero-order valence-electron chi connectivity index (χ0n) is 16.8. The molecule has 1 fully saturated rings. The number of hydrogen-bond donors (Lipinski definition) is 2. The third kappa shape index (κ3) is 5.04. The molecule has 2 amide bonds. The number of rotatable bonds is 6. The molecule has 0 bridgehead atoms. The third-order valence-corrected chi connectivity index (χ3v) is 5.90. The van der Waals surface area contributed by atoms with Crippen molar-refractivity contribution in [2.24, 2.45) is 5.92 Å². The molecule has 154 valence electrons. The molecule has 6 nitrogen and oxygen atoms in total. The van der Waals surface area contributed by atoms with E-state index in [1.807, 2.05) is 42.5 Å². The maximum absolute atomic E-state index is 12.4. The number of anilines is 3. The molecule has 2 aromatic carbocycles. The van der Waals surface area contributed by atoms with E-state index in [4.69, 9.17) is 0 Å². The van der Waals surface area contributed by atoms with Crippen molar-refractivity contribution >= 4 is 39.7 Å². The highest BCUT2D eigenvalue weighted by molar-refractivity contribution is 7.14. The number of thiazole rings is 1. The first-order chi connectivity index (χ1) is 14.6. The van der Waals surface area contributed by atoms with Gasteiger partial charge in [0.2, 0.25) is 5.91 Å². The SMILES string of the molecule is CC1CCN(c2ccc(NC(=O)Cc3csc(NC(=O)c4ccccc4)n3)cc2)C1. The van der Waals surface area contributed by atoms with Crippen LogP contribution in [-0.2, 0) is 11.2 Å². The van der Waals surface area contributed by atoms with Crippen molar-refractivity contribution in [1.29, 1.82) is 0 Å². The predicted molar refractivity (Wildman–Crippen MR) is 121 cm³/mol. The number of hydrogen-bond acceptors (Lipinski definition) is 5. The van der Waals surface area contributed by atoms with Crippen LogP contribution in [0.15, 0.2) is 60.0 Å². The van der Waals surface area contributed by atoms with Gasteiger partial charge in [-0.05, 0) is 48.7 Å². The van der Waals surface area contributed by atoms with Crippen LogP contribution in [0.5, 0.6) is 0 Å². The minimum atomic E-state index is -0.214. The van der Waals surface area contributed by atoms with E-state index in [-0.39, 0.29) is 18.2 Å². The number of nitrogens with one attached hydrogen (secondary N) is 2. The van der Waals surface area contributed by atoms with Gasteiger partial charge in [-0.1, -0.05) is 25.1 Å². The summed E-state index contributed by atoms with van der Waals surface area (Å²) in [7, 11) is 0. The summed E-state index contributed by atoms with van der Waals surface area (Å²) in [6.45, 7) is 4.43. The second-order valence-corrected chi connectivity index (χ2v) is 8.43. The molecule has 1 aliphatic heterocycles. The van der Waals surface area contributed by atoms with Crippen LogP contribution in [0.1, 0.15) is 29.4 Å². The predicted octanol–water partition coefficient (Wildman–Crippen LogP) is 4.42. The highest BCUT2D eigenvalue weighted by Crippen LogP contribution is 2.25. The van der Waals surface area contributed by atoms with Crippen molar-refractivity contribution in [3.05, 3.63) is 71.2 Å². The standard InChI is InChI=1S/C23H24N4O2S/c1-16-11-12-27(14-16)20-9-7-18(8-10-20)24-21(28)13-19-15-30-23(25-19)26-22(29)17-5-3-2-4-6-17/h2-10,15-16H,11-14H2,1H3,(H,24,28)(H,25,26,29). The number of carbonyl (C=O) groups excluding carboxylic acids is 2. The molecule has 1 unspecified atom stereocenters. The van der Waals surface area contributed by atoms with Gasteiger partial charge in [-0.3, -0.25) is 14.9 Å². The molecule has 3 aromatic rings. The summed E-state index contributed by atoms with van der Waals surface area (Å²) in [4.78, 5) is 31.3. The van der Waals surface area contributed by atoms with Crippen LogP contribution in [0.2, 0.25) is 0 Å². The Balaban J connectivity index is 1.30.